The summed E-state index contributed by atoms with van der Waals surface area (Å²) < 4.78 is 14.8. The third-order valence-corrected chi connectivity index (χ3v) is 4.08. The third kappa shape index (κ3) is 2.55. The van der Waals surface area contributed by atoms with Crippen LogP contribution in [0.25, 0.3) is 0 Å². The summed E-state index contributed by atoms with van der Waals surface area (Å²) in [4.78, 5) is 14.5. The van der Waals surface area contributed by atoms with Crippen LogP contribution >= 0.6 is 0 Å². The van der Waals surface area contributed by atoms with Gasteiger partial charge in [0.25, 0.3) is 0 Å². The van der Waals surface area contributed by atoms with Crippen LogP contribution in [0.5, 0.6) is 0 Å². The smallest absolute Gasteiger partial charge is 0.233 e. The van der Waals surface area contributed by atoms with Crippen LogP contribution in [-0.4, -0.2) is 27.6 Å². The summed E-state index contributed by atoms with van der Waals surface area (Å²) in [5, 5.41) is 4.11. The van der Waals surface area contributed by atoms with E-state index in [9.17, 15) is 9.18 Å². The van der Waals surface area contributed by atoms with Crippen LogP contribution in [0.4, 0.5) is 4.39 Å². The number of likely N-dealkylation sites (N-methyl/N-ethyl adjacent to an activating group) is 1. The van der Waals surface area contributed by atoms with Gasteiger partial charge in [0.05, 0.1) is 11.6 Å². The molecule has 0 saturated heterocycles. The summed E-state index contributed by atoms with van der Waals surface area (Å²) in [6.07, 6.45) is 5.33. The van der Waals surface area contributed by atoms with E-state index in [-0.39, 0.29) is 11.7 Å². The minimum absolute atomic E-state index is 0.0953. The fourth-order valence-corrected chi connectivity index (χ4v) is 2.78. The fourth-order valence-electron chi connectivity index (χ4n) is 2.78. The number of aryl methyl sites for hydroxylation is 1. The summed E-state index contributed by atoms with van der Waals surface area (Å²) in [5.74, 6) is -0.177. The Bertz CT molecular complexity index is 658. The standard InChI is InChI=1S/C16H18FN3O/c1-19(10-12-9-18-20(2)11-12)15(21)16(7-8-16)13-3-5-14(17)6-4-13/h3-6,9,11H,7-8,10H2,1-2H3. The van der Waals surface area contributed by atoms with E-state index in [0.29, 0.717) is 6.54 Å². The van der Waals surface area contributed by atoms with Gasteiger partial charge in [0.1, 0.15) is 5.82 Å². The van der Waals surface area contributed by atoms with E-state index in [1.165, 1.54) is 12.1 Å². The van der Waals surface area contributed by atoms with Crippen LogP contribution < -0.4 is 0 Å². The second-order valence-corrected chi connectivity index (χ2v) is 5.77. The van der Waals surface area contributed by atoms with Gasteiger partial charge in [-0.1, -0.05) is 12.1 Å². The van der Waals surface area contributed by atoms with E-state index in [1.807, 2.05) is 13.2 Å². The van der Waals surface area contributed by atoms with Crippen molar-refractivity contribution in [3.8, 4) is 0 Å². The number of nitrogens with zero attached hydrogens (tertiary/aromatic N) is 3. The molecular weight excluding hydrogens is 269 g/mol. The van der Waals surface area contributed by atoms with Crippen molar-refractivity contribution in [3.05, 3.63) is 53.6 Å². The average molecular weight is 287 g/mol. The van der Waals surface area contributed by atoms with Crippen molar-refractivity contribution < 1.29 is 9.18 Å². The summed E-state index contributed by atoms with van der Waals surface area (Å²) in [6, 6.07) is 6.28. The summed E-state index contributed by atoms with van der Waals surface area (Å²) in [7, 11) is 3.66. The van der Waals surface area contributed by atoms with E-state index >= 15 is 0 Å². The van der Waals surface area contributed by atoms with Gasteiger partial charge in [0.2, 0.25) is 5.91 Å². The molecule has 2 aromatic rings. The number of benzene rings is 1. The molecule has 0 radical (unpaired) electrons. The highest BCUT2D eigenvalue weighted by Gasteiger charge is 2.52. The van der Waals surface area contributed by atoms with Gasteiger partial charge in [-0.15, -0.1) is 0 Å². The minimum atomic E-state index is -0.454. The maximum Gasteiger partial charge on any atom is 0.233 e. The van der Waals surface area contributed by atoms with Gasteiger partial charge in [-0.3, -0.25) is 9.48 Å². The van der Waals surface area contributed by atoms with Crippen LogP contribution in [0, 0.1) is 5.82 Å². The molecule has 5 heteroatoms. The Kier molecular flexibility index (Phi) is 3.27. The first-order valence-electron chi connectivity index (χ1n) is 7.00. The van der Waals surface area contributed by atoms with Crippen molar-refractivity contribution in [1.29, 1.82) is 0 Å². The van der Waals surface area contributed by atoms with Crippen LogP contribution in [0.1, 0.15) is 24.0 Å². The molecule has 1 heterocycles. The monoisotopic (exact) mass is 287 g/mol. The molecule has 1 fully saturated rings. The molecule has 0 spiro atoms. The number of amides is 1. The second kappa shape index (κ2) is 4.98. The molecule has 0 bridgehead atoms. The fraction of sp³-hybridized carbons (Fsp3) is 0.375. The molecule has 1 aromatic heterocycles. The largest absolute Gasteiger partial charge is 0.341 e. The lowest BCUT2D eigenvalue weighted by atomic mass is 9.94. The third-order valence-electron chi connectivity index (χ3n) is 4.08. The zero-order chi connectivity index (χ0) is 15.0. The normalized spacial score (nSPS) is 15.8. The van der Waals surface area contributed by atoms with E-state index < -0.39 is 5.41 Å². The van der Waals surface area contributed by atoms with Crippen molar-refractivity contribution in [3.63, 3.8) is 0 Å². The Morgan fingerprint density at radius 2 is 2.05 bits per heavy atom. The lowest BCUT2D eigenvalue weighted by molar-refractivity contribution is -0.133. The number of aromatic nitrogens is 2. The molecule has 1 amide bonds. The van der Waals surface area contributed by atoms with Gasteiger partial charge in [-0.05, 0) is 30.5 Å². The average Bonchev–Trinajstić information content (AvgIpc) is 3.17. The minimum Gasteiger partial charge on any atom is -0.341 e. The van der Waals surface area contributed by atoms with Gasteiger partial charge in [0, 0.05) is 32.4 Å². The summed E-state index contributed by atoms with van der Waals surface area (Å²) >= 11 is 0. The Balaban J connectivity index is 1.76. The van der Waals surface area contributed by atoms with E-state index in [0.717, 1.165) is 24.0 Å². The summed E-state index contributed by atoms with van der Waals surface area (Å²) in [6.45, 7) is 0.537. The number of carbonyl (C=O) groups is 1. The quantitative estimate of drug-likeness (QED) is 0.865. The Morgan fingerprint density at radius 1 is 1.38 bits per heavy atom. The molecular formula is C16H18FN3O. The molecule has 0 N–H and O–H groups in total. The number of carbonyl (C=O) groups excluding carboxylic acids is 1. The SMILES string of the molecule is CN(Cc1cnn(C)c1)C(=O)C1(c2ccc(F)cc2)CC1. The number of hydrogen-bond acceptors (Lipinski definition) is 2. The van der Waals surface area contributed by atoms with E-state index in [2.05, 4.69) is 5.10 Å². The molecule has 0 atom stereocenters. The first-order valence-corrected chi connectivity index (χ1v) is 7.00. The topological polar surface area (TPSA) is 38.1 Å². The van der Waals surface area contributed by atoms with Gasteiger partial charge < -0.3 is 4.90 Å². The first-order chi connectivity index (χ1) is 10.0. The number of hydrogen-bond donors (Lipinski definition) is 0. The highest BCUT2D eigenvalue weighted by atomic mass is 19.1. The molecule has 1 aliphatic rings. The number of halogens is 1. The predicted molar refractivity (Wildman–Crippen MR) is 77.0 cm³/mol. The van der Waals surface area contributed by atoms with Gasteiger partial charge in [-0.2, -0.15) is 5.10 Å². The molecule has 110 valence electrons. The van der Waals surface area contributed by atoms with Crippen LogP contribution in [0.2, 0.25) is 0 Å². The first kappa shape index (κ1) is 13.8. The van der Waals surface area contributed by atoms with Gasteiger partial charge in [0.15, 0.2) is 0 Å². The lowest BCUT2D eigenvalue weighted by Crippen LogP contribution is -2.36. The highest BCUT2D eigenvalue weighted by Crippen LogP contribution is 2.49. The Hall–Kier alpha value is -2.17. The molecule has 0 aliphatic heterocycles. The maximum absolute atomic E-state index is 13.0. The van der Waals surface area contributed by atoms with Crippen molar-refractivity contribution in [2.45, 2.75) is 24.8 Å². The molecule has 1 saturated carbocycles. The van der Waals surface area contributed by atoms with Crippen molar-refractivity contribution in [1.82, 2.24) is 14.7 Å². The zero-order valence-electron chi connectivity index (χ0n) is 12.2. The molecule has 0 unspecified atom stereocenters. The highest BCUT2D eigenvalue weighted by molar-refractivity contribution is 5.91. The van der Waals surface area contributed by atoms with Crippen molar-refractivity contribution >= 4 is 5.91 Å². The van der Waals surface area contributed by atoms with Gasteiger partial charge >= 0.3 is 0 Å². The van der Waals surface area contributed by atoms with Crippen LogP contribution in [-0.2, 0) is 23.8 Å². The molecule has 3 rings (SSSR count). The van der Waals surface area contributed by atoms with E-state index in [1.54, 1.807) is 35.0 Å². The van der Waals surface area contributed by atoms with Crippen LogP contribution in [0.15, 0.2) is 36.7 Å². The molecule has 1 aromatic carbocycles. The van der Waals surface area contributed by atoms with Crippen molar-refractivity contribution in [2.24, 2.45) is 7.05 Å². The molecule has 1 aliphatic carbocycles. The zero-order valence-corrected chi connectivity index (χ0v) is 12.2. The lowest BCUT2D eigenvalue weighted by Gasteiger charge is -2.23. The van der Waals surface area contributed by atoms with Crippen molar-refractivity contribution in [2.75, 3.05) is 7.05 Å². The second-order valence-electron chi connectivity index (χ2n) is 5.77. The molecule has 21 heavy (non-hydrogen) atoms. The Labute approximate surface area is 123 Å². The predicted octanol–water partition coefficient (Wildman–Crippen LogP) is 2.25. The van der Waals surface area contributed by atoms with Crippen LogP contribution in [0.3, 0.4) is 0 Å². The maximum atomic E-state index is 13.0. The van der Waals surface area contributed by atoms with Gasteiger partial charge in [-0.25, -0.2) is 4.39 Å². The molecule has 4 nitrogen and oxygen atoms in total. The number of rotatable bonds is 4. The summed E-state index contributed by atoms with van der Waals surface area (Å²) in [5.41, 5.74) is 1.46. The Morgan fingerprint density at radius 3 is 2.57 bits per heavy atom. The van der Waals surface area contributed by atoms with E-state index in [4.69, 9.17) is 0 Å².